The normalized spacial score (nSPS) is 11.7. The second kappa shape index (κ2) is 15.0. The van der Waals surface area contributed by atoms with E-state index in [2.05, 4.69) is 252 Å². The second-order valence-corrected chi connectivity index (χ2v) is 16.9. The largest absolute Gasteiger partial charge is 0.455 e. The lowest BCUT2D eigenvalue weighted by molar-refractivity contribution is 0.672. The lowest BCUT2D eigenvalue weighted by Crippen LogP contribution is -2.11. The van der Waals surface area contributed by atoms with Crippen LogP contribution in [0, 0.1) is 0 Å². The summed E-state index contributed by atoms with van der Waals surface area (Å²) >= 11 is 0. The first-order valence-electron chi connectivity index (χ1n) is 22.2. The minimum absolute atomic E-state index is 0.898. The van der Waals surface area contributed by atoms with Gasteiger partial charge in [-0.25, -0.2) is 0 Å². The minimum atomic E-state index is 0.898. The number of hydrogen-bond acceptors (Lipinski definition) is 2. The van der Waals surface area contributed by atoms with Gasteiger partial charge < -0.3 is 13.9 Å². The molecule has 0 aliphatic rings. The first-order valence-corrected chi connectivity index (χ1v) is 22.2. The van der Waals surface area contributed by atoms with E-state index >= 15 is 0 Å². The van der Waals surface area contributed by atoms with Gasteiger partial charge in [0.1, 0.15) is 11.2 Å². The molecular weight excluding hydrogens is 789 g/mol. The Labute approximate surface area is 376 Å². The highest BCUT2D eigenvalue weighted by Crippen LogP contribution is 2.44. The number of aromatic nitrogens is 1. The number of hydrogen-bond donors (Lipinski definition) is 0. The average Bonchev–Trinajstić information content (AvgIpc) is 3.93. The summed E-state index contributed by atoms with van der Waals surface area (Å²) in [7, 11) is 0. The summed E-state index contributed by atoms with van der Waals surface area (Å²) in [6.07, 6.45) is 0. The van der Waals surface area contributed by atoms with E-state index in [0.717, 1.165) is 66.8 Å². The monoisotopic (exact) mass is 828 g/mol. The van der Waals surface area contributed by atoms with E-state index in [9.17, 15) is 0 Å². The van der Waals surface area contributed by atoms with Crippen molar-refractivity contribution in [3.63, 3.8) is 0 Å². The van der Waals surface area contributed by atoms with Gasteiger partial charge in [-0.05, 0) is 117 Å². The Hall–Kier alpha value is -8.66. The molecular formula is C62H40N2O. The molecule has 13 aromatic rings. The van der Waals surface area contributed by atoms with Crippen LogP contribution in [0.15, 0.2) is 247 Å². The highest BCUT2D eigenvalue weighted by atomic mass is 16.3. The van der Waals surface area contributed by atoms with Crippen LogP contribution in [-0.2, 0) is 0 Å². The van der Waals surface area contributed by atoms with Crippen molar-refractivity contribution in [2.75, 3.05) is 4.90 Å². The zero-order chi connectivity index (χ0) is 42.8. The Balaban J connectivity index is 0.915. The maximum Gasteiger partial charge on any atom is 0.143 e. The van der Waals surface area contributed by atoms with E-state index in [1.54, 1.807) is 0 Å². The number of anilines is 3. The van der Waals surface area contributed by atoms with E-state index in [0.29, 0.717) is 0 Å². The summed E-state index contributed by atoms with van der Waals surface area (Å²) in [5.41, 5.74) is 15.6. The van der Waals surface area contributed by atoms with Crippen molar-refractivity contribution >= 4 is 82.4 Å². The number of benzene rings is 11. The SMILES string of the molecule is c1cc(-c2ccc(N(c3ccc(-c4ccc5oc6c7ccccc7ccc6c5c4)cc3)c3ccccc3-c3cccc4ccccc34)cc2)cc(-n2c3ccccc3c3ccccc32)c1. The molecule has 0 aliphatic carbocycles. The van der Waals surface area contributed by atoms with Gasteiger partial charge in [0.05, 0.1) is 16.7 Å². The molecule has 304 valence electrons. The summed E-state index contributed by atoms with van der Waals surface area (Å²) in [5, 5.41) is 9.55. The van der Waals surface area contributed by atoms with Crippen molar-refractivity contribution in [2.45, 2.75) is 0 Å². The zero-order valence-electron chi connectivity index (χ0n) is 35.4. The van der Waals surface area contributed by atoms with Crippen LogP contribution >= 0.6 is 0 Å². The third-order valence-corrected chi connectivity index (χ3v) is 13.2. The summed E-state index contributed by atoms with van der Waals surface area (Å²) in [6, 6.07) is 87.7. The molecule has 13 rings (SSSR count). The van der Waals surface area contributed by atoms with Gasteiger partial charge in [-0.1, -0.05) is 170 Å². The molecule has 0 amide bonds. The molecule has 0 saturated heterocycles. The quantitative estimate of drug-likeness (QED) is 0.160. The van der Waals surface area contributed by atoms with E-state index in [4.69, 9.17) is 4.42 Å². The number of para-hydroxylation sites is 3. The molecule has 0 atom stereocenters. The van der Waals surface area contributed by atoms with Gasteiger partial charge in [-0.3, -0.25) is 0 Å². The van der Waals surface area contributed by atoms with E-state index in [1.807, 2.05) is 0 Å². The van der Waals surface area contributed by atoms with Crippen LogP contribution in [0.25, 0.3) is 104 Å². The topological polar surface area (TPSA) is 21.3 Å². The van der Waals surface area contributed by atoms with Crippen molar-refractivity contribution in [2.24, 2.45) is 0 Å². The van der Waals surface area contributed by atoms with Gasteiger partial charge in [-0.2, -0.15) is 0 Å². The molecule has 2 aromatic heterocycles. The van der Waals surface area contributed by atoms with Crippen LogP contribution in [0.1, 0.15) is 0 Å². The summed E-state index contributed by atoms with van der Waals surface area (Å²) in [4.78, 5) is 2.40. The summed E-state index contributed by atoms with van der Waals surface area (Å²) < 4.78 is 8.85. The zero-order valence-corrected chi connectivity index (χ0v) is 35.4. The van der Waals surface area contributed by atoms with Gasteiger partial charge in [0, 0.05) is 49.6 Å². The lowest BCUT2D eigenvalue weighted by atomic mass is 9.96. The predicted octanol–water partition coefficient (Wildman–Crippen LogP) is 17.5. The van der Waals surface area contributed by atoms with E-state index < -0.39 is 0 Å². The minimum Gasteiger partial charge on any atom is -0.455 e. The maximum absolute atomic E-state index is 6.46. The van der Waals surface area contributed by atoms with E-state index in [-0.39, 0.29) is 0 Å². The van der Waals surface area contributed by atoms with Gasteiger partial charge >= 0.3 is 0 Å². The molecule has 2 heterocycles. The fraction of sp³-hybridized carbons (Fsp3) is 0. The van der Waals surface area contributed by atoms with E-state index in [1.165, 1.54) is 54.7 Å². The molecule has 3 nitrogen and oxygen atoms in total. The molecule has 0 radical (unpaired) electrons. The van der Waals surface area contributed by atoms with Gasteiger partial charge in [0.25, 0.3) is 0 Å². The molecule has 0 fully saturated rings. The maximum atomic E-state index is 6.46. The first-order chi connectivity index (χ1) is 32.2. The van der Waals surface area contributed by atoms with Crippen molar-refractivity contribution in [3.05, 3.63) is 243 Å². The van der Waals surface area contributed by atoms with Crippen LogP contribution < -0.4 is 4.90 Å². The van der Waals surface area contributed by atoms with Crippen molar-refractivity contribution < 1.29 is 4.42 Å². The number of nitrogens with zero attached hydrogens (tertiary/aromatic N) is 2. The van der Waals surface area contributed by atoms with Crippen LogP contribution in [-0.4, -0.2) is 4.57 Å². The Bertz CT molecular complexity index is 3890. The first kappa shape index (κ1) is 36.9. The Kier molecular flexibility index (Phi) is 8.53. The fourth-order valence-corrected chi connectivity index (χ4v) is 10.1. The number of furan rings is 1. The van der Waals surface area contributed by atoms with Crippen molar-refractivity contribution in [1.29, 1.82) is 0 Å². The van der Waals surface area contributed by atoms with Crippen LogP contribution in [0.2, 0.25) is 0 Å². The molecule has 0 unspecified atom stereocenters. The molecule has 65 heavy (non-hydrogen) atoms. The molecule has 11 aromatic carbocycles. The lowest BCUT2D eigenvalue weighted by Gasteiger charge is -2.28. The van der Waals surface area contributed by atoms with Crippen LogP contribution in [0.5, 0.6) is 0 Å². The van der Waals surface area contributed by atoms with Crippen LogP contribution in [0.4, 0.5) is 17.1 Å². The smallest absolute Gasteiger partial charge is 0.143 e. The highest BCUT2D eigenvalue weighted by Gasteiger charge is 2.20. The molecule has 0 saturated carbocycles. The summed E-state index contributed by atoms with van der Waals surface area (Å²) in [6.45, 7) is 0. The molecule has 0 N–H and O–H groups in total. The van der Waals surface area contributed by atoms with Crippen molar-refractivity contribution in [3.8, 4) is 39.1 Å². The molecule has 3 heteroatoms. The average molecular weight is 829 g/mol. The molecule has 0 aliphatic heterocycles. The summed E-state index contributed by atoms with van der Waals surface area (Å²) in [5.74, 6) is 0. The number of rotatable bonds is 7. The van der Waals surface area contributed by atoms with Gasteiger partial charge in [-0.15, -0.1) is 0 Å². The Morgan fingerprint density at radius 3 is 1.58 bits per heavy atom. The van der Waals surface area contributed by atoms with Gasteiger partial charge in [0.2, 0.25) is 0 Å². The van der Waals surface area contributed by atoms with Crippen molar-refractivity contribution in [1.82, 2.24) is 4.57 Å². The Morgan fingerprint density at radius 1 is 0.323 bits per heavy atom. The standard InChI is InChI=1S/C62H40N2O/c1-3-18-50-43(13-1)15-12-23-52(50)53-20-5-8-24-58(53)63(48-35-29-42(30-36-48)46-32-38-61-57(40-46)56-37-31-44-14-2-4-19-51(44)62(56)65-61)47-33-27-41(28-34-47)45-16-11-17-49(39-45)64-59-25-9-6-21-54(59)55-22-7-10-26-60(55)64/h1-40H. The third-order valence-electron chi connectivity index (χ3n) is 13.2. The molecule has 0 bridgehead atoms. The van der Waals surface area contributed by atoms with Crippen LogP contribution in [0.3, 0.4) is 0 Å². The fourth-order valence-electron chi connectivity index (χ4n) is 10.1. The van der Waals surface area contributed by atoms with Gasteiger partial charge in [0.15, 0.2) is 0 Å². The third kappa shape index (κ3) is 6.12. The Morgan fingerprint density at radius 2 is 0.862 bits per heavy atom. The molecule has 0 spiro atoms. The predicted molar refractivity (Wildman–Crippen MR) is 274 cm³/mol. The second-order valence-electron chi connectivity index (χ2n) is 16.9. The number of fused-ring (bicyclic) bond motifs is 9. The highest BCUT2D eigenvalue weighted by molar-refractivity contribution is 6.15.